The molecule has 0 radical (unpaired) electrons. The molecule has 5 heteroatoms. The number of anilines is 1. The van der Waals surface area contributed by atoms with Gasteiger partial charge in [-0.15, -0.1) is 0 Å². The first-order valence-electron chi connectivity index (χ1n) is 6.01. The smallest absolute Gasteiger partial charge is 0.321 e. The summed E-state index contributed by atoms with van der Waals surface area (Å²) in [4.78, 5) is 13.4. The Morgan fingerprint density at radius 1 is 1.44 bits per heavy atom. The molecule has 0 aliphatic rings. The van der Waals surface area contributed by atoms with E-state index >= 15 is 0 Å². The lowest BCUT2D eigenvalue weighted by molar-refractivity contribution is 0.221. The summed E-state index contributed by atoms with van der Waals surface area (Å²) in [6.45, 7) is 2.81. The fourth-order valence-electron chi connectivity index (χ4n) is 1.49. The van der Waals surface area contributed by atoms with Crippen LogP contribution in [-0.4, -0.2) is 24.5 Å². The number of benzene rings is 1. The van der Waals surface area contributed by atoms with Crippen LogP contribution in [0.1, 0.15) is 26.2 Å². The molecule has 0 atom stereocenters. The Morgan fingerprint density at radius 3 is 2.78 bits per heavy atom. The number of carbonyl (C=O) groups is 1. The minimum atomic E-state index is -0.494. The van der Waals surface area contributed by atoms with Crippen molar-refractivity contribution in [1.29, 1.82) is 0 Å². The molecule has 0 heterocycles. The first-order chi connectivity index (χ1) is 8.54. The van der Waals surface area contributed by atoms with E-state index in [0.717, 1.165) is 19.3 Å². The van der Waals surface area contributed by atoms with Crippen molar-refractivity contribution < 1.29 is 9.18 Å². The quantitative estimate of drug-likeness (QED) is 0.803. The largest absolute Gasteiger partial charge is 0.328 e. The molecule has 0 unspecified atom stereocenters. The summed E-state index contributed by atoms with van der Waals surface area (Å²) in [5.74, 6) is -0.494. The maximum absolute atomic E-state index is 12.9. The molecule has 1 N–H and O–H groups in total. The number of hydrogen-bond donors (Lipinski definition) is 1. The number of nitrogens with zero attached hydrogens (tertiary/aromatic N) is 1. The third kappa shape index (κ3) is 4.53. The Hall–Kier alpha value is -1.29. The second kappa shape index (κ2) is 7.21. The Morgan fingerprint density at radius 2 is 2.17 bits per heavy atom. The van der Waals surface area contributed by atoms with Crippen molar-refractivity contribution in [1.82, 2.24) is 4.90 Å². The van der Waals surface area contributed by atoms with Gasteiger partial charge in [-0.05, 0) is 24.6 Å². The van der Waals surface area contributed by atoms with Crippen molar-refractivity contribution in [3.63, 3.8) is 0 Å². The van der Waals surface area contributed by atoms with Gasteiger partial charge >= 0.3 is 6.03 Å². The maximum Gasteiger partial charge on any atom is 0.321 e. The van der Waals surface area contributed by atoms with Gasteiger partial charge in [0.1, 0.15) is 5.82 Å². The lowest BCUT2D eigenvalue weighted by atomic mass is 10.2. The molecule has 1 aromatic rings. The predicted molar refractivity (Wildman–Crippen MR) is 72.6 cm³/mol. The van der Waals surface area contributed by atoms with Crippen LogP contribution in [0.2, 0.25) is 5.02 Å². The SMILES string of the molecule is CCCCCN(C)C(=O)Nc1ccc(F)c(Cl)c1. The van der Waals surface area contributed by atoms with E-state index in [9.17, 15) is 9.18 Å². The van der Waals surface area contributed by atoms with Crippen LogP contribution in [0.25, 0.3) is 0 Å². The van der Waals surface area contributed by atoms with Crippen molar-refractivity contribution in [2.24, 2.45) is 0 Å². The number of unbranched alkanes of at least 4 members (excludes halogenated alkanes) is 2. The topological polar surface area (TPSA) is 32.3 Å². The van der Waals surface area contributed by atoms with E-state index in [0.29, 0.717) is 12.2 Å². The van der Waals surface area contributed by atoms with E-state index in [1.807, 2.05) is 0 Å². The Labute approximate surface area is 112 Å². The van der Waals surface area contributed by atoms with Gasteiger partial charge in [0.2, 0.25) is 0 Å². The highest BCUT2D eigenvalue weighted by Gasteiger charge is 2.09. The number of nitrogens with one attached hydrogen (secondary N) is 1. The molecule has 18 heavy (non-hydrogen) atoms. The number of rotatable bonds is 5. The van der Waals surface area contributed by atoms with Crippen molar-refractivity contribution in [2.75, 3.05) is 18.9 Å². The van der Waals surface area contributed by atoms with Crippen LogP contribution in [-0.2, 0) is 0 Å². The first-order valence-corrected chi connectivity index (χ1v) is 6.39. The van der Waals surface area contributed by atoms with Gasteiger partial charge in [0.25, 0.3) is 0 Å². The van der Waals surface area contributed by atoms with Crippen LogP contribution in [0.15, 0.2) is 18.2 Å². The molecule has 0 bridgehead atoms. The number of hydrogen-bond acceptors (Lipinski definition) is 1. The van der Waals surface area contributed by atoms with Crippen LogP contribution in [0.4, 0.5) is 14.9 Å². The highest BCUT2D eigenvalue weighted by molar-refractivity contribution is 6.31. The van der Waals surface area contributed by atoms with E-state index in [4.69, 9.17) is 11.6 Å². The van der Waals surface area contributed by atoms with Gasteiger partial charge in [0, 0.05) is 19.3 Å². The van der Waals surface area contributed by atoms with Crippen LogP contribution in [0.5, 0.6) is 0 Å². The van der Waals surface area contributed by atoms with Crippen LogP contribution >= 0.6 is 11.6 Å². The number of carbonyl (C=O) groups excluding carboxylic acids is 1. The van der Waals surface area contributed by atoms with Crippen molar-refractivity contribution in [3.8, 4) is 0 Å². The molecular weight excluding hydrogens is 255 g/mol. The summed E-state index contributed by atoms with van der Waals surface area (Å²) >= 11 is 5.64. The molecule has 0 saturated carbocycles. The highest BCUT2D eigenvalue weighted by atomic mass is 35.5. The molecule has 1 rings (SSSR count). The van der Waals surface area contributed by atoms with Crippen LogP contribution in [0.3, 0.4) is 0 Å². The summed E-state index contributed by atoms with van der Waals surface area (Å²) in [5, 5.41) is 2.67. The number of amides is 2. The Balaban J connectivity index is 2.50. The molecule has 0 aliphatic heterocycles. The summed E-state index contributed by atoms with van der Waals surface area (Å²) < 4.78 is 12.9. The number of urea groups is 1. The zero-order valence-corrected chi connectivity index (χ0v) is 11.4. The minimum absolute atomic E-state index is 0.00133. The van der Waals surface area contributed by atoms with Gasteiger partial charge in [-0.25, -0.2) is 9.18 Å². The van der Waals surface area contributed by atoms with Gasteiger partial charge < -0.3 is 10.2 Å². The molecule has 0 fully saturated rings. The van der Waals surface area contributed by atoms with Gasteiger partial charge in [0.15, 0.2) is 0 Å². The summed E-state index contributed by atoms with van der Waals surface area (Å²) in [5.41, 5.74) is 0.494. The van der Waals surface area contributed by atoms with Gasteiger partial charge in [-0.3, -0.25) is 0 Å². The Bertz CT molecular complexity index is 412. The van der Waals surface area contributed by atoms with Crippen molar-refractivity contribution in [2.45, 2.75) is 26.2 Å². The fourth-order valence-corrected chi connectivity index (χ4v) is 1.67. The molecule has 1 aromatic carbocycles. The lowest BCUT2D eigenvalue weighted by Crippen LogP contribution is -2.32. The van der Waals surface area contributed by atoms with Gasteiger partial charge in [-0.1, -0.05) is 31.4 Å². The average molecular weight is 273 g/mol. The van der Waals surface area contributed by atoms with E-state index < -0.39 is 5.82 Å². The van der Waals surface area contributed by atoms with Crippen LogP contribution < -0.4 is 5.32 Å². The minimum Gasteiger partial charge on any atom is -0.328 e. The third-order valence-electron chi connectivity index (χ3n) is 2.61. The lowest BCUT2D eigenvalue weighted by Gasteiger charge is -2.17. The molecule has 3 nitrogen and oxygen atoms in total. The van der Waals surface area contributed by atoms with Gasteiger partial charge in [-0.2, -0.15) is 0 Å². The molecular formula is C13H18ClFN2O. The molecule has 0 aliphatic carbocycles. The standard InChI is InChI=1S/C13H18ClFN2O/c1-3-4-5-8-17(2)13(18)16-10-6-7-12(15)11(14)9-10/h6-7,9H,3-5,8H2,1-2H3,(H,16,18). The zero-order valence-electron chi connectivity index (χ0n) is 10.7. The third-order valence-corrected chi connectivity index (χ3v) is 2.90. The fraction of sp³-hybridized carbons (Fsp3) is 0.462. The number of halogens is 2. The second-order valence-corrected chi connectivity index (χ2v) is 4.59. The van der Waals surface area contributed by atoms with E-state index in [1.54, 1.807) is 11.9 Å². The summed E-state index contributed by atoms with van der Waals surface area (Å²) in [7, 11) is 1.73. The molecule has 0 saturated heterocycles. The second-order valence-electron chi connectivity index (χ2n) is 4.19. The summed E-state index contributed by atoms with van der Waals surface area (Å²) in [6.07, 6.45) is 3.19. The van der Waals surface area contributed by atoms with Gasteiger partial charge in [0.05, 0.1) is 5.02 Å². The molecule has 0 aromatic heterocycles. The monoisotopic (exact) mass is 272 g/mol. The highest BCUT2D eigenvalue weighted by Crippen LogP contribution is 2.19. The van der Waals surface area contributed by atoms with Crippen molar-refractivity contribution >= 4 is 23.3 Å². The first kappa shape index (κ1) is 14.8. The predicted octanol–water partition coefficient (Wildman–Crippen LogP) is 4.13. The zero-order chi connectivity index (χ0) is 13.5. The maximum atomic E-state index is 12.9. The summed E-state index contributed by atoms with van der Waals surface area (Å²) in [6, 6.07) is 3.90. The van der Waals surface area contributed by atoms with E-state index in [2.05, 4.69) is 12.2 Å². The van der Waals surface area contributed by atoms with Crippen molar-refractivity contribution in [3.05, 3.63) is 29.0 Å². The molecule has 100 valence electrons. The van der Waals surface area contributed by atoms with E-state index in [-0.39, 0.29) is 11.1 Å². The average Bonchev–Trinajstić information content (AvgIpc) is 2.34. The molecule has 0 spiro atoms. The van der Waals surface area contributed by atoms with Crippen LogP contribution in [0, 0.1) is 5.82 Å². The molecule has 2 amide bonds. The van der Waals surface area contributed by atoms with E-state index in [1.165, 1.54) is 18.2 Å². The normalized spacial score (nSPS) is 10.2. The Kier molecular flexibility index (Phi) is 5.92.